The first kappa shape index (κ1) is 14.0. The number of ether oxygens (including phenoxy) is 1. The van der Waals surface area contributed by atoms with Gasteiger partial charge in [0.15, 0.2) is 0 Å². The molecule has 0 amide bonds. The Morgan fingerprint density at radius 1 is 1.20 bits per heavy atom. The van der Waals surface area contributed by atoms with E-state index >= 15 is 0 Å². The molecule has 0 unspecified atom stereocenters. The van der Waals surface area contributed by atoms with Crippen LogP contribution in [0.3, 0.4) is 0 Å². The molecule has 2 nitrogen and oxygen atoms in total. The molecule has 0 saturated heterocycles. The first-order valence-corrected chi connectivity index (χ1v) is 5.62. The Morgan fingerprint density at radius 3 is 2.13 bits per heavy atom. The topological polar surface area (TPSA) is 29.5 Å². The van der Waals surface area contributed by atoms with E-state index in [1.165, 1.54) is 5.56 Å². The van der Waals surface area contributed by atoms with E-state index in [4.69, 9.17) is 9.84 Å². The summed E-state index contributed by atoms with van der Waals surface area (Å²) in [5.41, 5.74) is 1.30. The molecule has 1 N–H and O–H groups in total. The van der Waals surface area contributed by atoms with Crippen molar-refractivity contribution in [2.75, 3.05) is 6.61 Å². The van der Waals surface area contributed by atoms with E-state index in [2.05, 4.69) is 6.92 Å². The highest BCUT2D eigenvalue weighted by molar-refractivity contribution is 5.27. The molecule has 0 aromatic heterocycles. The Kier molecular flexibility index (Phi) is 7.74. The molecule has 0 heterocycles. The number of aliphatic hydroxyl groups is 1. The molecule has 0 fully saturated rings. The number of aryl methyl sites for hydroxylation is 1. The monoisotopic (exact) mass is 210 g/mol. The molecule has 2 heteroatoms. The molecule has 1 aromatic carbocycles. The van der Waals surface area contributed by atoms with Gasteiger partial charge < -0.3 is 9.84 Å². The van der Waals surface area contributed by atoms with Crippen molar-refractivity contribution >= 4 is 0 Å². The van der Waals surface area contributed by atoms with Gasteiger partial charge in [0.25, 0.3) is 0 Å². The Hall–Kier alpha value is -1.02. The van der Waals surface area contributed by atoms with Crippen LogP contribution in [0.15, 0.2) is 24.3 Å². The summed E-state index contributed by atoms with van der Waals surface area (Å²) in [6.45, 7) is 8.01. The third-order valence-electron chi connectivity index (χ3n) is 1.93. The Morgan fingerprint density at radius 2 is 1.73 bits per heavy atom. The molecule has 0 bridgehead atoms. The zero-order chi connectivity index (χ0) is 11.7. The van der Waals surface area contributed by atoms with Gasteiger partial charge in [0.1, 0.15) is 11.9 Å². The van der Waals surface area contributed by atoms with E-state index in [9.17, 15) is 0 Å². The van der Waals surface area contributed by atoms with Crippen molar-refractivity contribution in [1.29, 1.82) is 0 Å². The number of hydrogen-bond donors (Lipinski definition) is 1. The molecule has 1 rings (SSSR count). The molecule has 0 saturated carbocycles. The zero-order valence-electron chi connectivity index (χ0n) is 10.2. The molecule has 86 valence electrons. The van der Waals surface area contributed by atoms with Gasteiger partial charge in [0.05, 0.1) is 6.61 Å². The Balaban J connectivity index is 0.000000921. The molecule has 15 heavy (non-hydrogen) atoms. The standard InChI is InChI=1S/C11H16O2.C2H6/c1-3-10-4-6-11(7-5-10)13-9(2)8-12;1-2/h4-7,9,12H,3,8H2,1-2H3;1-2H3/t9-;/m1./s1. The average Bonchev–Trinajstić information content (AvgIpc) is 2.32. The van der Waals surface area contributed by atoms with Crippen LogP contribution in [0.25, 0.3) is 0 Å². The van der Waals surface area contributed by atoms with E-state index in [0.29, 0.717) is 0 Å². The molecular weight excluding hydrogens is 188 g/mol. The quantitative estimate of drug-likeness (QED) is 0.827. The van der Waals surface area contributed by atoms with Crippen LogP contribution in [0.2, 0.25) is 0 Å². The van der Waals surface area contributed by atoms with Crippen molar-refractivity contribution < 1.29 is 9.84 Å². The van der Waals surface area contributed by atoms with Gasteiger partial charge in [-0.2, -0.15) is 0 Å². The fraction of sp³-hybridized carbons (Fsp3) is 0.538. The van der Waals surface area contributed by atoms with E-state index in [-0.39, 0.29) is 12.7 Å². The first-order chi connectivity index (χ1) is 7.26. The molecule has 1 aromatic rings. The lowest BCUT2D eigenvalue weighted by atomic mass is 10.2. The molecule has 1 atom stereocenters. The maximum atomic E-state index is 8.77. The summed E-state index contributed by atoms with van der Waals surface area (Å²) in [4.78, 5) is 0. The third kappa shape index (κ3) is 5.43. The van der Waals surface area contributed by atoms with Crippen molar-refractivity contribution in [2.45, 2.75) is 40.2 Å². The molecule has 0 spiro atoms. The van der Waals surface area contributed by atoms with Crippen LogP contribution in [0.5, 0.6) is 5.75 Å². The fourth-order valence-corrected chi connectivity index (χ4v) is 1.07. The zero-order valence-corrected chi connectivity index (χ0v) is 10.2. The van der Waals surface area contributed by atoms with Gasteiger partial charge in [0, 0.05) is 0 Å². The van der Waals surface area contributed by atoms with E-state index in [1.807, 2.05) is 45.0 Å². The fourth-order valence-electron chi connectivity index (χ4n) is 1.07. The lowest BCUT2D eigenvalue weighted by molar-refractivity contribution is 0.129. The lowest BCUT2D eigenvalue weighted by Crippen LogP contribution is -2.15. The molecule has 0 aliphatic rings. The number of aliphatic hydroxyl groups excluding tert-OH is 1. The summed E-state index contributed by atoms with van der Waals surface area (Å²) in [6, 6.07) is 7.95. The van der Waals surface area contributed by atoms with Crippen LogP contribution in [0.4, 0.5) is 0 Å². The van der Waals surface area contributed by atoms with E-state index < -0.39 is 0 Å². The van der Waals surface area contributed by atoms with Crippen molar-refractivity contribution in [3.05, 3.63) is 29.8 Å². The summed E-state index contributed by atoms with van der Waals surface area (Å²) in [5, 5.41) is 8.77. The van der Waals surface area contributed by atoms with Gasteiger partial charge in [-0.05, 0) is 31.0 Å². The predicted molar refractivity (Wildman–Crippen MR) is 64.3 cm³/mol. The predicted octanol–water partition coefficient (Wildman–Crippen LogP) is 3.03. The van der Waals surface area contributed by atoms with Crippen LogP contribution >= 0.6 is 0 Å². The molecule has 0 aliphatic heterocycles. The van der Waals surface area contributed by atoms with Gasteiger partial charge in [0.2, 0.25) is 0 Å². The molecular formula is C13H22O2. The van der Waals surface area contributed by atoms with Crippen molar-refractivity contribution in [1.82, 2.24) is 0 Å². The third-order valence-corrected chi connectivity index (χ3v) is 1.93. The normalized spacial score (nSPS) is 11.3. The van der Waals surface area contributed by atoms with Gasteiger partial charge in [-0.1, -0.05) is 32.9 Å². The summed E-state index contributed by atoms with van der Waals surface area (Å²) in [5.74, 6) is 0.818. The number of rotatable bonds is 4. The SMILES string of the molecule is CC.CCc1ccc(O[C@H](C)CO)cc1. The second-order valence-electron chi connectivity index (χ2n) is 3.11. The van der Waals surface area contributed by atoms with E-state index in [1.54, 1.807) is 0 Å². The van der Waals surface area contributed by atoms with Crippen LogP contribution in [-0.2, 0) is 6.42 Å². The summed E-state index contributed by atoms with van der Waals surface area (Å²) < 4.78 is 5.41. The minimum absolute atomic E-state index is 0.0511. The van der Waals surface area contributed by atoms with Crippen molar-refractivity contribution in [3.63, 3.8) is 0 Å². The van der Waals surface area contributed by atoms with Crippen LogP contribution < -0.4 is 4.74 Å². The summed E-state index contributed by atoms with van der Waals surface area (Å²) in [6.07, 6.45) is 0.906. The van der Waals surface area contributed by atoms with Crippen LogP contribution in [0.1, 0.15) is 33.3 Å². The Bertz CT molecular complexity index is 241. The maximum Gasteiger partial charge on any atom is 0.119 e. The number of hydrogen-bond acceptors (Lipinski definition) is 2. The minimum atomic E-state index is -0.132. The van der Waals surface area contributed by atoms with Gasteiger partial charge >= 0.3 is 0 Å². The van der Waals surface area contributed by atoms with Gasteiger partial charge in [-0.3, -0.25) is 0 Å². The molecule has 0 aliphatic carbocycles. The highest BCUT2D eigenvalue weighted by atomic mass is 16.5. The minimum Gasteiger partial charge on any atom is -0.488 e. The smallest absolute Gasteiger partial charge is 0.119 e. The highest BCUT2D eigenvalue weighted by Crippen LogP contribution is 2.13. The van der Waals surface area contributed by atoms with Crippen molar-refractivity contribution in [3.8, 4) is 5.75 Å². The largest absolute Gasteiger partial charge is 0.488 e. The van der Waals surface area contributed by atoms with Crippen LogP contribution in [0, 0.1) is 0 Å². The first-order valence-electron chi connectivity index (χ1n) is 5.62. The van der Waals surface area contributed by atoms with Gasteiger partial charge in [-0.15, -0.1) is 0 Å². The maximum absolute atomic E-state index is 8.77. The summed E-state index contributed by atoms with van der Waals surface area (Å²) >= 11 is 0. The number of benzene rings is 1. The van der Waals surface area contributed by atoms with Crippen LogP contribution in [-0.4, -0.2) is 17.8 Å². The molecule has 0 radical (unpaired) electrons. The second kappa shape index (κ2) is 8.30. The van der Waals surface area contributed by atoms with Crippen molar-refractivity contribution in [2.24, 2.45) is 0 Å². The summed E-state index contributed by atoms with van der Waals surface area (Å²) in [7, 11) is 0. The van der Waals surface area contributed by atoms with E-state index in [0.717, 1.165) is 12.2 Å². The Labute approximate surface area is 92.9 Å². The highest BCUT2D eigenvalue weighted by Gasteiger charge is 2.00. The average molecular weight is 210 g/mol. The lowest BCUT2D eigenvalue weighted by Gasteiger charge is -2.11. The second-order valence-corrected chi connectivity index (χ2v) is 3.11. The van der Waals surface area contributed by atoms with Gasteiger partial charge in [-0.25, -0.2) is 0 Å².